The highest BCUT2D eigenvalue weighted by atomic mass is 16.4. The lowest BCUT2D eigenvalue weighted by molar-refractivity contribution is -0.144. The third kappa shape index (κ3) is 27.4. The first-order valence-corrected chi connectivity index (χ1v) is 20.3. The molecule has 0 aliphatic heterocycles. The van der Waals surface area contributed by atoms with Crippen LogP contribution in [0.15, 0.2) is 18.2 Å². The molecule has 10 N–H and O–H groups in total. The molecule has 17 heteroatoms. The van der Waals surface area contributed by atoms with Gasteiger partial charge in [0.25, 0.3) is 0 Å². The topological polar surface area (TPSA) is 263 Å². The molecule has 1 amide bonds. The normalized spacial score (nSPS) is 11.9. The fourth-order valence-electron chi connectivity index (χ4n) is 6.12. The van der Waals surface area contributed by atoms with Gasteiger partial charge >= 0.3 is 26.2 Å². The highest BCUT2D eigenvalue weighted by Gasteiger charge is 2.23. The van der Waals surface area contributed by atoms with Crippen molar-refractivity contribution in [2.75, 3.05) is 33.8 Å². The van der Waals surface area contributed by atoms with E-state index in [4.69, 9.17) is 10.2 Å². The van der Waals surface area contributed by atoms with Crippen LogP contribution in [-0.2, 0) is 19.2 Å². The van der Waals surface area contributed by atoms with Crippen LogP contribution in [0.4, 0.5) is 0 Å². The maximum atomic E-state index is 12.5. The second kappa shape index (κ2) is 33.9. The number of amides is 1. The van der Waals surface area contributed by atoms with Gasteiger partial charge in [-0.05, 0) is 63.5 Å². The van der Waals surface area contributed by atoms with Crippen LogP contribution in [0.3, 0.4) is 0 Å². The number of unbranched alkanes of at least 4 members (excludes halogenated alkanes) is 13. The van der Waals surface area contributed by atoms with Gasteiger partial charge in [0.15, 0.2) is 5.78 Å². The van der Waals surface area contributed by atoms with Crippen molar-refractivity contribution in [3.8, 4) is 0 Å². The lowest BCUT2D eigenvalue weighted by Gasteiger charge is -2.12. The average molecular weight is 794 g/mol. The molecule has 318 valence electrons. The Balaban J connectivity index is 0.00000565. The Bertz CT molecular complexity index is 1230. The molecule has 1 aromatic carbocycles. The van der Waals surface area contributed by atoms with Crippen molar-refractivity contribution in [2.24, 2.45) is 5.92 Å². The van der Waals surface area contributed by atoms with Crippen molar-refractivity contribution < 1.29 is 59.4 Å². The molecule has 0 aliphatic carbocycles. The summed E-state index contributed by atoms with van der Waals surface area (Å²) in [6.07, 6.45) is 15.7. The predicted octanol–water partition coefficient (Wildman–Crippen LogP) is 1.68. The van der Waals surface area contributed by atoms with Crippen LogP contribution in [0.1, 0.15) is 145 Å². The molecule has 0 radical (unpaired) electrons. The lowest BCUT2D eigenvalue weighted by Crippen LogP contribution is -2.39. The zero-order valence-electron chi connectivity index (χ0n) is 33.7. The SMILES string of the molecule is CNCCO.CN[C@@H](CCCCNC(=O)CC[C@H](CC(=O)CCCCCCCCCCCCCCCC(=O)c1cc(B(O)O)cc(B(O)O)c1)C(=O)O)C(=O)O. The predicted molar refractivity (Wildman–Crippen MR) is 218 cm³/mol. The molecule has 0 fully saturated rings. The van der Waals surface area contributed by atoms with Gasteiger partial charge < -0.3 is 51.4 Å². The molecule has 0 bridgehead atoms. The van der Waals surface area contributed by atoms with E-state index in [0.717, 1.165) is 70.6 Å². The first-order valence-electron chi connectivity index (χ1n) is 20.3. The van der Waals surface area contributed by atoms with Crippen molar-refractivity contribution in [2.45, 2.75) is 141 Å². The van der Waals surface area contributed by atoms with E-state index in [1.807, 2.05) is 0 Å². The number of carbonyl (C=O) groups excluding carboxylic acids is 3. The Hall–Kier alpha value is -3.18. The van der Waals surface area contributed by atoms with E-state index in [1.165, 1.54) is 24.6 Å². The largest absolute Gasteiger partial charge is 0.488 e. The number of carboxylic acid groups (broad SMARTS) is 2. The molecule has 1 aromatic rings. The molecule has 15 nitrogen and oxygen atoms in total. The van der Waals surface area contributed by atoms with Crippen molar-refractivity contribution in [3.05, 3.63) is 23.8 Å². The van der Waals surface area contributed by atoms with E-state index in [-0.39, 0.29) is 59.8 Å². The number of hydrogen-bond donors (Lipinski definition) is 10. The summed E-state index contributed by atoms with van der Waals surface area (Å²) in [6.45, 7) is 1.32. The van der Waals surface area contributed by atoms with Gasteiger partial charge in [-0.3, -0.25) is 24.0 Å². The Morgan fingerprint density at radius 1 is 0.607 bits per heavy atom. The highest BCUT2D eigenvalue weighted by Crippen LogP contribution is 2.17. The summed E-state index contributed by atoms with van der Waals surface area (Å²) < 4.78 is 0. The molecule has 1 rings (SSSR count). The summed E-state index contributed by atoms with van der Waals surface area (Å²) in [7, 11) is -0.220. The monoisotopic (exact) mass is 794 g/mol. The second-order valence-electron chi connectivity index (χ2n) is 14.3. The van der Waals surface area contributed by atoms with Gasteiger partial charge in [0.1, 0.15) is 11.8 Å². The molecule has 0 saturated heterocycles. The highest BCUT2D eigenvalue weighted by molar-refractivity contribution is 6.62. The number of carboxylic acids is 2. The average Bonchev–Trinajstić information content (AvgIpc) is 3.16. The van der Waals surface area contributed by atoms with Gasteiger partial charge in [-0.2, -0.15) is 0 Å². The van der Waals surface area contributed by atoms with Gasteiger partial charge in [-0.1, -0.05) is 88.8 Å². The van der Waals surface area contributed by atoms with Crippen molar-refractivity contribution in [1.82, 2.24) is 16.0 Å². The maximum Gasteiger partial charge on any atom is 0.488 e. The Kier molecular flexibility index (Phi) is 32.0. The molecule has 0 saturated carbocycles. The van der Waals surface area contributed by atoms with E-state index >= 15 is 0 Å². The Labute approximate surface area is 333 Å². The van der Waals surface area contributed by atoms with Crippen LogP contribution < -0.4 is 26.9 Å². The minimum Gasteiger partial charge on any atom is -0.481 e. The number of ketones is 2. The number of likely N-dealkylation sites (N-methyl/N-ethyl adjacent to an activating group) is 2. The number of rotatable bonds is 34. The van der Waals surface area contributed by atoms with Crippen LogP contribution in [-0.4, -0.2) is 119 Å². The molecule has 0 unspecified atom stereocenters. The summed E-state index contributed by atoms with van der Waals surface area (Å²) in [5.41, 5.74) is 0.325. The number of nitrogens with one attached hydrogen (secondary N) is 3. The van der Waals surface area contributed by atoms with Gasteiger partial charge in [0, 0.05) is 44.3 Å². The number of aliphatic hydroxyl groups is 1. The van der Waals surface area contributed by atoms with Crippen molar-refractivity contribution >= 4 is 54.6 Å². The second-order valence-corrected chi connectivity index (χ2v) is 14.3. The van der Waals surface area contributed by atoms with Crippen molar-refractivity contribution in [1.29, 1.82) is 0 Å². The van der Waals surface area contributed by atoms with E-state index in [1.54, 1.807) is 14.1 Å². The molecule has 0 aliphatic rings. The van der Waals surface area contributed by atoms with E-state index < -0.39 is 38.1 Å². The van der Waals surface area contributed by atoms with Gasteiger partial charge in [0.05, 0.1) is 12.5 Å². The summed E-state index contributed by atoms with van der Waals surface area (Å²) in [4.78, 5) is 59.7. The van der Waals surface area contributed by atoms with Crippen LogP contribution in [0, 0.1) is 5.92 Å². The quantitative estimate of drug-likeness (QED) is 0.0271. The zero-order chi connectivity index (χ0) is 42.1. The molecule has 56 heavy (non-hydrogen) atoms. The van der Waals surface area contributed by atoms with Crippen LogP contribution >= 0.6 is 0 Å². The number of hydrogen-bond acceptors (Lipinski definition) is 12. The number of benzene rings is 1. The minimum absolute atomic E-state index is 0.0265. The van der Waals surface area contributed by atoms with Crippen LogP contribution in [0.2, 0.25) is 0 Å². The van der Waals surface area contributed by atoms with Gasteiger partial charge in [-0.25, -0.2) is 0 Å². The molecular formula is C39H69B2N3O12. The molecule has 0 spiro atoms. The summed E-state index contributed by atoms with van der Waals surface area (Å²) in [6, 6.07) is 3.36. The van der Waals surface area contributed by atoms with E-state index in [0.29, 0.717) is 51.6 Å². The first kappa shape index (κ1) is 52.8. The van der Waals surface area contributed by atoms with E-state index in [2.05, 4.69) is 16.0 Å². The first-order chi connectivity index (χ1) is 26.8. The fraction of sp³-hybridized carbons (Fsp3) is 0.718. The molecule has 0 heterocycles. The zero-order valence-corrected chi connectivity index (χ0v) is 33.7. The lowest BCUT2D eigenvalue weighted by atomic mass is 9.71. The van der Waals surface area contributed by atoms with E-state index in [9.17, 15) is 49.2 Å². The molecular weight excluding hydrogens is 724 g/mol. The molecule has 0 aromatic heterocycles. The summed E-state index contributed by atoms with van der Waals surface area (Å²) >= 11 is 0. The Morgan fingerprint density at radius 3 is 1.52 bits per heavy atom. The number of aliphatic hydroxyl groups excluding tert-OH is 1. The fourth-order valence-corrected chi connectivity index (χ4v) is 6.12. The third-order valence-corrected chi connectivity index (χ3v) is 9.55. The number of carbonyl (C=O) groups is 5. The van der Waals surface area contributed by atoms with Crippen molar-refractivity contribution in [3.63, 3.8) is 0 Å². The number of aliphatic carboxylic acids is 2. The Morgan fingerprint density at radius 2 is 1.11 bits per heavy atom. The minimum atomic E-state index is -1.80. The maximum absolute atomic E-state index is 12.5. The standard InChI is InChI=1S/C36H60B2N2O11.C3H9NO/c1-39-32(36(46)47)18-15-16-22-40-34(43)21-20-27(35(44)45)25-31(41)17-13-11-9-7-5-3-2-4-6-8-10-12-14-19-33(42)28-23-29(37(48)49)26-30(24-28)38(50)51;1-4-2-3-5/h23-24,26-27,32,39,48-51H,2-22,25H2,1H3,(H,40,43)(H,44,45)(H,46,47);4-5H,2-3H2,1H3/t27-,32+;/m1./s1. The smallest absolute Gasteiger partial charge is 0.481 e. The van der Waals surface area contributed by atoms with Crippen LogP contribution in [0.5, 0.6) is 0 Å². The summed E-state index contributed by atoms with van der Waals surface area (Å²) in [5, 5.41) is 72.4. The molecule has 2 atom stereocenters. The third-order valence-electron chi connectivity index (χ3n) is 9.55. The van der Waals surface area contributed by atoms with Crippen LogP contribution in [0.25, 0.3) is 0 Å². The number of Topliss-reactive ketones (excluding diaryl/α,β-unsaturated/α-hetero) is 2. The van der Waals surface area contributed by atoms with Gasteiger partial charge in [0.2, 0.25) is 5.91 Å². The van der Waals surface area contributed by atoms with Gasteiger partial charge in [-0.15, -0.1) is 0 Å². The summed E-state index contributed by atoms with van der Waals surface area (Å²) in [5.74, 6) is -3.39.